The van der Waals surface area contributed by atoms with Crippen molar-refractivity contribution < 1.29 is 14.1 Å². The number of halogens is 3. The van der Waals surface area contributed by atoms with E-state index in [0.29, 0.717) is 11.1 Å². The van der Waals surface area contributed by atoms with Gasteiger partial charge in [-0.15, -0.1) is 0 Å². The zero-order chi connectivity index (χ0) is 19.4. The topological polar surface area (TPSA) is 84.3 Å². The van der Waals surface area contributed by atoms with Gasteiger partial charge in [0.1, 0.15) is 11.5 Å². The van der Waals surface area contributed by atoms with Crippen molar-refractivity contribution >= 4 is 40.5 Å². The number of anilines is 1. The quantitative estimate of drug-likeness (QED) is 0.420. The standard InChI is InChI=1S/C17H16Cl2FN3O3/c1-9-4-3-5-15(23(25)26)17(9)22-16(24)8-21-10(2)11-6-14(20)13(19)7-12(11)18/h3-7,10,21H,8H2,1-2H3,(H,22,24)/t10-/m0/s1. The van der Waals surface area contributed by atoms with Gasteiger partial charge in [0.15, 0.2) is 0 Å². The molecular weight excluding hydrogens is 384 g/mol. The Morgan fingerprint density at radius 1 is 1.31 bits per heavy atom. The summed E-state index contributed by atoms with van der Waals surface area (Å²) >= 11 is 11.7. The minimum absolute atomic E-state index is 0.0874. The number of hydrogen-bond acceptors (Lipinski definition) is 4. The van der Waals surface area contributed by atoms with E-state index in [0.717, 1.165) is 0 Å². The number of aryl methyl sites for hydroxylation is 1. The molecule has 0 heterocycles. The van der Waals surface area contributed by atoms with E-state index in [2.05, 4.69) is 10.6 Å². The molecule has 0 saturated heterocycles. The summed E-state index contributed by atoms with van der Waals surface area (Å²) in [6.45, 7) is 3.22. The molecule has 2 aromatic rings. The molecule has 0 aromatic heterocycles. The van der Waals surface area contributed by atoms with Crippen molar-refractivity contribution in [3.05, 3.63) is 67.4 Å². The number of para-hydroxylation sites is 1. The van der Waals surface area contributed by atoms with Gasteiger partial charge in [0.05, 0.1) is 16.5 Å². The summed E-state index contributed by atoms with van der Waals surface area (Å²) in [6.07, 6.45) is 0. The molecule has 0 radical (unpaired) electrons. The van der Waals surface area contributed by atoms with E-state index in [1.165, 1.54) is 18.2 Å². The lowest BCUT2D eigenvalue weighted by Gasteiger charge is -2.16. The number of benzene rings is 2. The second-order valence-electron chi connectivity index (χ2n) is 5.66. The lowest BCUT2D eigenvalue weighted by atomic mass is 10.1. The van der Waals surface area contributed by atoms with E-state index in [9.17, 15) is 19.3 Å². The first-order valence-corrected chi connectivity index (χ1v) is 8.38. The number of nitro benzene ring substituents is 1. The van der Waals surface area contributed by atoms with E-state index < -0.39 is 22.7 Å². The number of nitrogens with zero attached hydrogens (tertiary/aromatic N) is 1. The van der Waals surface area contributed by atoms with Crippen LogP contribution in [-0.2, 0) is 4.79 Å². The van der Waals surface area contributed by atoms with Crippen LogP contribution in [0, 0.1) is 22.9 Å². The first-order valence-electron chi connectivity index (χ1n) is 7.62. The number of rotatable bonds is 6. The molecule has 0 aliphatic heterocycles. The molecule has 0 aliphatic carbocycles. The van der Waals surface area contributed by atoms with Crippen LogP contribution in [0.25, 0.3) is 0 Å². The zero-order valence-corrected chi connectivity index (χ0v) is 15.5. The molecule has 0 bridgehead atoms. The summed E-state index contributed by atoms with van der Waals surface area (Å²) in [5, 5.41) is 16.7. The molecular formula is C17H16Cl2FN3O3. The van der Waals surface area contributed by atoms with Crippen LogP contribution >= 0.6 is 23.2 Å². The maximum atomic E-state index is 13.6. The summed E-state index contributed by atoms with van der Waals surface area (Å²) in [5.74, 6) is -1.08. The minimum atomic E-state index is -0.611. The van der Waals surface area contributed by atoms with Crippen molar-refractivity contribution in [3.63, 3.8) is 0 Å². The second-order valence-corrected chi connectivity index (χ2v) is 6.48. The fourth-order valence-corrected chi connectivity index (χ4v) is 2.92. The van der Waals surface area contributed by atoms with Crippen LogP contribution in [0.2, 0.25) is 10.0 Å². The Hall–Kier alpha value is -2.22. The molecule has 0 saturated carbocycles. The van der Waals surface area contributed by atoms with Gasteiger partial charge in [-0.1, -0.05) is 35.3 Å². The maximum Gasteiger partial charge on any atom is 0.293 e. The van der Waals surface area contributed by atoms with Gasteiger partial charge >= 0.3 is 0 Å². The van der Waals surface area contributed by atoms with E-state index in [-0.39, 0.29) is 28.0 Å². The Balaban J connectivity index is 2.06. The SMILES string of the molecule is Cc1cccc([N+](=O)[O-])c1NC(=O)CN[C@@H](C)c1cc(F)c(Cl)cc1Cl. The highest BCUT2D eigenvalue weighted by molar-refractivity contribution is 6.35. The van der Waals surface area contributed by atoms with Crippen molar-refractivity contribution in [3.8, 4) is 0 Å². The fraction of sp³-hybridized carbons (Fsp3) is 0.235. The summed E-state index contributed by atoms with van der Waals surface area (Å²) in [7, 11) is 0. The number of nitrogens with one attached hydrogen (secondary N) is 2. The fourth-order valence-electron chi connectivity index (χ4n) is 2.38. The molecule has 1 atom stereocenters. The van der Waals surface area contributed by atoms with Crippen LogP contribution in [0.3, 0.4) is 0 Å². The third kappa shape index (κ3) is 4.69. The number of nitro groups is 1. The van der Waals surface area contributed by atoms with Crippen molar-refractivity contribution in [2.24, 2.45) is 0 Å². The number of carbonyl (C=O) groups excluding carboxylic acids is 1. The second kappa shape index (κ2) is 8.44. The lowest BCUT2D eigenvalue weighted by molar-refractivity contribution is -0.384. The molecule has 0 aliphatic rings. The monoisotopic (exact) mass is 399 g/mol. The average molecular weight is 400 g/mol. The van der Waals surface area contributed by atoms with Crippen LogP contribution in [0.4, 0.5) is 15.8 Å². The Labute approximate surface area is 159 Å². The van der Waals surface area contributed by atoms with Crippen molar-refractivity contribution in [2.75, 3.05) is 11.9 Å². The van der Waals surface area contributed by atoms with Crippen LogP contribution in [0.5, 0.6) is 0 Å². The van der Waals surface area contributed by atoms with Gasteiger partial charge in [-0.2, -0.15) is 0 Å². The largest absolute Gasteiger partial charge is 0.319 e. The Kier molecular flexibility index (Phi) is 6.52. The van der Waals surface area contributed by atoms with Gasteiger partial charge in [-0.3, -0.25) is 14.9 Å². The summed E-state index contributed by atoms with van der Waals surface area (Å²) in [6, 6.07) is 6.58. The summed E-state index contributed by atoms with van der Waals surface area (Å²) in [5.41, 5.74) is 0.980. The summed E-state index contributed by atoms with van der Waals surface area (Å²) < 4.78 is 13.6. The number of carbonyl (C=O) groups is 1. The van der Waals surface area contributed by atoms with Gasteiger partial charge < -0.3 is 10.6 Å². The predicted molar refractivity (Wildman–Crippen MR) is 99.3 cm³/mol. The molecule has 1 amide bonds. The molecule has 0 fully saturated rings. The van der Waals surface area contributed by atoms with Gasteiger partial charge in [-0.25, -0.2) is 4.39 Å². The maximum absolute atomic E-state index is 13.6. The highest BCUT2D eigenvalue weighted by atomic mass is 35.5. The Morgan fingerprint density at radius 3 is 2.65 bits per heavy atom. The highest BCUT2D eigenvalue weighted by Crippen LogP contribution is 2.29. The normalized spacial score (nSPS) is 11.9. The third-order valence-electron chi connectivity index (χ3n) is 3.79. The van der Waals surface area contributed by atoms with Crippen molar-refractivity contribution in [2.45, 2.75) is 19.9 Å². The summed E-state index contributed by atoms with van der Waals surface area (Å²) in [4.78, 5) is 22.7. The van der Waals surface area contributed by atoms with E-state index in [1.807, 2.05) is 0 Å². The Morgan fingerprint density at radius 2 is 2.00 bits per heavy atom. The third-order valence-corrected chi connectivity index (χ3v) is 4.40. The minimum Gasteiger partial charge on any atom is -0.319 e. The predicted octanol–water partition coefficient (Wildman–Crippen LogP) is 4.64. The highest BCUT2D eigenvalue weighted by Gasteiger charge is 2.19. The van der Waals surface area contributed by atoms with Gasteiger partial charge in [0.2, 0.25) is 5.91 Å². The zero-order valence-electron chi connectivity index (χ0n) is 14.0. The molecule has 2 N–H and O–H groups in total. The molecule has 26 heavy (non-hydrogen) atoms. The average Bonchev–Trinajstić information content (AvgIpc) is 2.57. The molecule has 6 nitrogen and oxygen atoms in total. The molecule has 0 spiro atoms. The van der Waals surface area contributed by atoms with Crippen LogP contribution < -0.4 is 10.6 Å². The van der Waals surface area contributed by atoms with Crippen molar-refractivity contribution in [1.29, 1.82) is 0 Å². The van der Waals surface area contributed by atoms with Crippen molar-refractivity contribution in [1.82, 2.24) is 5.32 Å². The Bertz CT molecular complexity index is 861. The van der Waals surface area contributed by atoms with Crippen LogP contribution in [-0.4, -0.2) is 17.4 Å². The van der Waals surface area contributed by atoms with E-state index in [4.69, 9.17) is 23.2 Å². The number of hydrogen-bond donors (Lipinski definition) is 2. The number of amides is 1. The van der Waals surface area contributed by atoms with Crippen LogP contribution in [0.15, 0.2) is 30.3 Å². The molecule has 2 aromatic carbocycles. The molecule has 0 unspecified atom stereocenters. The smallest absolute Gasteiger partial charge is 0.293 e. The first-order chi connectivity index (χ1) is 12.2. The molecule has 2 rings (SSSR count). The van der Waals surface area contributed by atoms with Gasteiger partial charge in [0, 0.05) is 17.1 Å². The van der Waals surface area contributed by atoms with Gasteiger partial charge in [0.25, 0.3) is 5.69 Å². The molecule has 9 heteroatoms. The van der Waals surface area contributed by atoms with Gasteiger partial charge in [-0.05, 0) is 37.1 Å². The molecule has 138 valence electrons. The first kappa shape index (κ1) is 20.1. The lowest BCUT2D eigenvalue weighted by Crippen LogP contribution is -2.30. The van der Waals surface area contributed by atoms with Crippen LogP contribution in [0.1, 0.15) is 24.1 Å². The van der Waals surface area contributed by atoms with E-state index in [1.54, 1.807) is 26.0 Å². The van der Waals surface area contributed by atoms with E-state index >= 15 is 0 Å².